The Morgan fingerprint density at radius 1 is 1.26 bits per heavy atom. The Hall–Kier alpha value is -2.66. The number of fused-ring (bicyclic) bond motifs is 2. The Kier molecular flexibility index (Phi) is 6.25. The molecule has 1 N–H and O–H groups in total. The molecular formula is C24H25ClN4O4S2. The van der Waals surface area contributed by atoms with Crippen molar-refractivity contribution in [2.75, 3.05) is 31.6 Å². The van der Waals surface area contributed by atoms with E-state index in [4.69, 9.17) is 16.3 Å². The molecule has 3 aromatic rings. The molecule has 1 amide bonds. The van der Waals surface area contributed by atoms with Gasteiger partial charge < -0.3 is 14.5 Å². The van der Waals surface area contributed by atoms with Crippen LogP contribution in [0.4, 0.5) is 10.8 Å². The second kappa shape index (κ2) is 9.09. The highest BCUT2D eigenvalue weighted by Crippen LogP contribution is 2.50. The van der Waals surface area contributed by atoms with Gasteiger partial charge in [-0.05, 0) is 36.2 Å². The van der Waals surface area contributed by atoms with E-state index < -0.39 is 10.0 Å². The number of para-hydroxylation sites is 1. The van der Waals surface area contributed by atoms with E-state index in [2.05, 4.69) is 14.6 Å². The fourth-order valence-corrected chi connectivity index (χ4v) is 6.90. The van der Waals surface area contributed by atoms with E-state index in [9.17, 15) is 13.2 Å². The highest BCUT2D eigenvalue weighted by atomic mass is 35.5. The smallest absolute Gasteiger partial charge is 0.240 e. The largest absolute Gasteiger partial charge is 0.496 e. The van der Waals surface area contributed by atoms with Gasteiger partial charge in [-0.2, -0.15) is 0 Å². The van der Waals surface area contributed by atoms with Gasteiger partial charge in [0.15, 0.2) is 5.13 Å². The summed E-state index contributed by atoms with van der Waals surface area (Å²) in [7, 11) is -2.24. The maximum atomic E-state index is 13.3. The summed E-state index contributed by atoms with van der Waals surface area (Å²) < 4.78 is 35.2. The van der Waals surface area contributed by atoms with E-state index >= 15 is 0 Å². The van der Waals surface area contributed by atoms with Gasteiger partial charge in [-0.3, -0.25) is 4.79 Å². The minimum Gasteiger partial charge on any atom is -0.496 e. The first-order valence-corrected chi connectivity index (χ1v) is 13.8. The molecule has 1 spiro atoms. The van der Waals surface area contributed by atoms with Crippen LogP contribution in [-0.2, 0) is 26.8 Å². The predicted octanol–water partition coefficient (Wildman–Crippen LogP) is 3.93. The van der Waals surface area contributed by atoms with Gasteiger partial charge >= 0.3 is 0 Å². The summed E-state index contributed by atoms with van der Waals surface area (Å²) in [4.78, 5) is 20.7. The van der Waals surface area contributed by atoms with Crippen molar-refractivity contribution in [3.63, 3.8) is 0 Å². The molecule has 184 valence electrons. The molecule has 0 radical (unpaired) electrons. The van der Waals surface area contributed by atoms with Gasteiger partial charge in [0, 0.05) is 49.8 Å². The number of carbonyl (C=O) groups excluding carboxylic acids is 1. The molecule has 0 aliphatic carbocycles. The number of hydrogen-bond acceptors (Lipinski definition) is 7. The molecule has 1 fully saturated rings. The van der Waals surface area contributed by atoms with Gasteiger partial charge in [-0.15, -0.1) is 0 Å². The van der Waals surface area contributed by atoms with Crippen molar-refractivity contribution in [3.05, 3.63) is 64.1 Å². The van der Waals surface area contributed by atoms with Crippen LogP contribution in [0.5, 0.6) is 5.75 Å². The number of anilines is 2. The zero-order chi connectivity index (χ0) is 24.8. The molecule has 11 heteroatoms. The van der Waals surface area contributed by atoms with Crippen LogP contribution < -0.4 is 14.4 Å². The van der Waals surface area contributed by atoms with Crippen molar-refractivity contribution in [2.45, 2.75) is 30.2 Å². The van der Waals surface area contributed by atoms with Crippen molar-refractivity contribution in [1.82, 2.24) is 14.6 Å². The lowest BCUT2D eigenvalue weighted by Crippen LogP contribution is -2.36. The molecule has 5 rings (SSSR count). The molecule has 2 aliphatic rings. The fourth-order valence-electron chi connectivity index (χ4n) is 4.95. The first kappa shape index (κ1) is 24.1. The second-order valence-electron chi connectivity index (χ2n) is 8.82. The van der Waals surface area contributed by atoms with Crippen LogP contribution in [0.3, 0.4) is 0 Å². The molecule has 0 bridgehead atoms. The first-order valence-electron chi connectivity index (χ1n) is 11.1. The number of halogens is 1. The van der Waals surface area contributed by atoms with Gasteiger partial charge in [-0.1, -0.05) is 41.1 Å². The van der Waals surface area contributed by atoms with Gasteiger partial charge in [0.2, 0.25) is 15.9 Å². The summed E-state index contributed by atoms with van der Waals surface area (Å²) in [5.41, 5.74) is 2.17. The topological polar surface area (TPSA) is 91.8 Å². The zero-order valence-electron chi connectivity index (χ0n) is 19.3. The number of ether oxygens (including phenoxy) is 1. The van der Waals surface area contributed by atoms with Crippen LogP contribution in [0.25, 0.3) is 0 Å². The van der Waals surface area contributed by atoms with Crippen LogP contribution in [0.2, 0.25) is 4.34 Å². The number of nitrogens with one attached hydrogen (secondary N) is 1. The molecular weight excluding hydrogens is 508 g/mol. The molecule has 1 unspecified atom stereocenters. The maximum absolute atomic E-state index is 13.3. The van der Waals surface area contributed by atoms with Gasteiger partial charge in [0.1, 0.15) is 10.1 Å². The van der Waals surface area contributed by atoms with Crippen LogP contribution in [-0.4, -0.2) is 51.0 Å². The van der Waals surface area contributed by atoms with E-state index in [0.29, 0.717) is 29.7 Å². The normalized spacial score (nSPS) is 19.4. The third kappa shape index (κ3) is 4.40. The Balaban J connectivity index is 1.50. The summed E-state index contributed by atoms with van der Waals surface area (Å²) in [6.45, 7) is 3.44. The Morgan fingerprint density at radius 2 is 2.06 bits per heavy atom. The molecule has 8 nitrogen and oxygen atoms in total. The minimum absolute atomic E-state index is 0.0152. The summed E-state index contributed by atoms with van der Waals surface area (Å²) in [5, 5.41) is 0.749. The molecule has 1 aromatic heterocycles. The first-order chi connectivity index (χ1) is 16.7. The number of rotatable bonds is 6. The number of aromatic nitrogens is 1. The van der Waals surface area contributed by atoms with Crippen LogP contribution in [0.15, 0.2) is 53.6 Å². The standard InChI is InChI=1S/C24H25ClN4O4S2/c1-16(30)28-10-9-24(14-28)15-29(23-26-13-22(25)34-23)20-8-7-18(11-19(20)24)35(31,32)27-12-17-5-3-4-6-21(17)33-2/h3-8,11,13,27H,9-10,12,14-15H2,1-2H3. The van der Waals surface area contributed by atoms with Crippen molar-refractivity contribution in [1.29, 1.82) is 0 Å². The summed E-state index contributed by atoms with van der Waals surface area (Å²) >= 11 is 7.53. The number of nitrogens with zero attached hydrogens (tertiary/aromatic N) is 3. The highest BCUT2D eigenvalue weighted by Gasteiger charge is 2.49. The van der Waals surface area contributed by atoms with Crippen molar-refractivity contribution in [2.24, 2.45) is 0 Å². The number of sulfonamides is 1. The zero-order valence-corrected chi connectivity index (χ0v) is 21.7. The maximum Gasteiger partial charge on any atom is 0.240 e. The quantitative estimate of drug-likeness (QED) is 0.517. The van der Waals surface area contributed by atoms with Crippen molar-refractivity contribution >= 4 is 49.7 Å². The lowest BCUT2D eigenvalue weighted by atomic mass is 9.81. The number of likely N-dealkylation sites (tertiary alicyclic amines) is 1. The number of benzene rings is 2. The monoisotopic (exact) mass is 532 g/mol. The summed E-state index contributed by atoms with van der Waals surface area (Å²) in [6.07, 6.45) is 2.36. The minimum atomic E-state index is -3.80. The molecule has 3 heterocycles. The number of methoxy groups -OCH3 is 1. The number of thiazole rings is 1. The fraction of sp³-hybridized carbons (Fsp3) is 0.333. The Bertz CT molecular complexity index is 1390. The van der Waals surface area contributed by atoms with Gasteiger partial charge in [0.05, 0.1) is 18.2 Å². The molecule has 35 heavy (non-hydrogen) atoms. The predicted molar refractivity (Wildman–Crippen MR) is 136 cm³/mol. The van der Waals surface area contributed by atoms with E-state index in [1.54, 1.807) is 38.4 Å². The molecule has 0 saturated carbocycles. The van der Waals surface area contributed by atoms with Crippen molar-refractivity contribution < 1.29 is 17.9 Å². The highest BCUT2D eigenvalue weighted by molar-refractivity contribution is 7.89. The summed E-state index contributed by atoms with van der Waals surface area (Å²) in [6, 6.07) is 12.5. The molecule has 1 atom stereocenters. The van der Waals surface area contributed by atoms with Crippen LogP contribution in [0, 0.1) is 0 Å². The third-order valence-corrected chi connectivity index (χ3v) is 9.28. The van der Waals surface area contributed by atoms with Crippen molar-refractivity contribution in [3.8, 4) is 5.75 Å². The van der Waals surface area contributed by atoms with Crippen LogP contribution >= 0.6 is 22.9 Å². The van der Waals surface area contributed by atoms with E-state index in [1.165, 1.54) is 11.3 Å². The summed E-state index contributed by atoms with van der Waals surface area (Å²) in [5.74, 6) is 0.637. The van der Waals surface area contributed by atoms with Gasteiger partial charge in [-0.25, -0.2) is 18.1 Å². The molecule has 1 saturated heterocycles. The number of hydrogen-bond donors (Lipinski definition) is 1. The number of amides is 1. The lowest BCUT2D eigenvalue weighted by Gasteiger charge is -2.25. The number of carbonyl (C=O) groups is 1. The lowest BCUT2D eigenvalue weighted by molar-refractivity contribution is -0.127. The Labute approximate surface area is 213 Å². The van der Waals surface area contributed by atoms with E-state index in [0.717, 1.165) is 28.4 Å². The van der Waals surface area contributed by atoms with Gasteiger partial charge in [0.25, 0.3) is 0 Å². The third-order valence-electron chi connectivity index (χ3n) is 6.74. The van der Waals surface area contributed by atoms with E-state index in [1.807, 2.05) is 29.2 Å². The molecule has 2 aromatic carbocycles. The van der Waals surface area contributed by atoms with Crippen LogP contribution in [0.1, 0.15) is 24.5 Å². The molecule has 2 aliphatic heterocycles. The van der Waals surface area contributed by atoms with E-state index in [-0.39, 0.29) is 22.8 Å². The average molecular weight is 533 g/mol. The second-order valence-corrected chi connectivity index (χ2v) is 12.2. The average Bonchev–Trinajstić information content (AvgIpc) is 3.56. The Morgan fingerprint density at radius 3 is 2.74 bits per heavy atom. The SMILES string of the molecule is COc1ccccc1CNS(=O)(=O)c1ccc2c(c1)C1(CCN(C(C)=O)C1)CN2c1ncc(Cl)s1.